The molecule has 2 aromatic heterocycles. The molecular formula is C28H41N7O19P3S-5. The molecule has 328 valence electrons. The first-order chi connectivity index (χ1) is 26.9. The number of thioether (sulfide) groups is 1. The Hall–Kier alpha value is -2.97. The lowest BCUT2D eigenvalue weighted by atomic mass is 9.87. The summed E-state index contributed by atoms with van der Waals surface area (Å²) in [5, 5.41) is 36.4. The van der Waals surface area contributed by atoms with E-state index in [-0.39, 0.29) is 60.2 Å². The summed E-state index contributed by atoms with van der Waals surface area (Å²) in [5.74, 6) is -2.51. The molecule has 0 radical (unpaired) electrons. The molecule has 7 atom stereocenters. The number of carbonyl (C=O) groups is 4. The summed E-state index contributed by atoms with van der Waals surface area (Å²) < 4.78 is 60.4. The zero-order valence-corrected chi connectivity index (χ0v) is 34.3. The van der Waals surface area contributed by atoms with E-state index in [1.54, 1.807) is 0 Å². The molecule has 0 spiro atoms. The van der Waals surface area contributed by atoms with Gasteiger partial charge in [0.25, 0.3) is 15.6 Å². The number of amides is 2. The number of rotatable bonds is 25. The molecule has 3 rings (SSSR count). The molecule has 1 aliphatic heterocycles. The molecule has 6 N–H and O–H groups in total. The molecule has 30 heteroatoms. The van der Waals surface area contributed by atoms with E-state index in [1.807, 2.05) is 0 Å². The van der Waals surface area contributed by atoms with Crippen LogP contribution in [0.2, 0.25) is 0 Å². The number of carbonyl (C=O) groups excluding carboxylic acids is 4. The maximum atomic E-state index is 12.5. The van der Waals surface area contributed by atoms with Crippen LogP contribution in [0.5, 0.6) is 0 Å². The van der Waals surface area contributed by atoms with Gasteiger partial charge in [0.05, 0.1) is 27.4 Å². The number of hydrogen-bond acceptors (Lipinski definition) is 24. The third kappa shape index (κ3) is 15.9. The van der Waals surface area contributed by atoms with E-state index >= 15 is 0 Å². The zero-order valence-electron chi connectivity index (χ0n) is 30.8. The number of fused-ring (bicyclic) bond motifs is 1. The molecule has 0 saturated carbocycles. The monoisotopic (exact) mass is 904 g/mol. The van der Waals surface area contributed by atoms with Crippen molar-refractivity contribution >= 4 is 75.1 Å². The molecule has 1 aliphatic rings. The van der Waals surface area contributed by atoms with E-state index in [1.165, 1.54) is 13.8 Å². The molecule has 2 unspecified atom stereocenters. The highest BCUT2D eigenvalue weighted by Gasteiger charge is 2.47. The number of aliphatic carboxylic acids is 1. The number of nitrogens with two attached hydrogens (primary N) is 1. The van der Waals surface area contributed by atoms with Crippen molar-refractivity contribution in [3.8, 4) is 0 Å². The number of unbranched alkanes of at least 4 members (excludes halogenated alkanes) is 2. The topological polar surface area (TPSA) is 415 Å². The van der Waals surface area contributed by atoms with Gasteiger partial charge < -0.3 is 78.9 Å². The summed E-state index contributed by atoms with van der Waals surface area (Å²) in [6.45, 7) is -0.0666. The van der Waals surface area contributed by atoms with Crippen LogP contribution in [0.4, 0.5) is 5.82 Å². The predicted octanol–water partition coefficient (Wildman–Crippen LogP) is -4.16. The fraction of sp³-hybridized carbons (Fsp3) is 0.679. The number of carboxylic acid groups (broad SMARTS) is 1. The molecule has 0 aromatic carbocycles. The summed E-state index contributed by atoms with van der Waals surface area (Å²) in [5.41, 5.74) is 4.02. The highest BCUT2D eigenvalue weighted by molar-refractivity contribution is 8.13. The van der Waals surface area contributed by atoms with Crippen LogP contribution >= 0.6 is 35.2 Å². The number of imidazole rings is 1. The number of ether oxygens (including phenoxy) is 1. The van der Waals surface area contributed by atoms with Gasteiger partial charge in [0.2, 0.25) is 11.8 Å². The normalized spacial score (nSPS) is 21.2. The van der Waals surface area contributed by atoms with Crippen molar-refractivity contribution in [1.82, 2.24) is 30.2 Å². The maximum absolute atomic E-state index is 12.5. The number of aromatic nitrogens is 4. The van der Waals surface area contributed by atoms with Crippen LogP contribution in [0.15, 0.2) is 12.7 Å². The van der Waals surface area contributed by atoms with E-state index in [0.717, 1.165) is 29.0 Å². The number of phosphoric acid groups is 3. The minimum Gasteiger partial charge on any atom is -0.790 e. The minimum atomic E-state index is -5.93. The quantitative estimate of drug-likeness (QED) is 0.0466. The van der Waals surface area contributed by atoms with Gasteiger partial charge in [0.1, 0.15) is 36.3 Å². The fourth-order valence-corrected chi connectivity index (χ4v) is 8.52. The van der Waals surface area contributed by atoms with Crippen LogP contribution in [-0.4, -0.2) is 109 Å². The van der Waals surface area contributed by atoms with Crippen molar-refractivity contribution in [1.29, 1.82) is 0 Å². The van der Waals surface area contributed by atoms with Crippen molar-refractivity contribution in [3.05, 3.63) is 12.7 Å². The van der Waals surface area contributed by atoms with Gasteiger partial charge in [-0.1, -0.05) is 32.0 Å². The van der Waals surface area contributed by atoms with E-state index in [4.69, 9.17) is 10.5 Å². The van der Waals surface area contributed by atoms with E-state index in [9.17, 15) is 67.8 Å². The second-order valence-electron chi connectivity index (χ2n) is 13.1. The van der Waals surface area contributed by atoms with Gasteiger partial charge in [-0.3, -0.25) is 28.1 Å². The Labute approximate surface area is 334 Å². The number of hydrogen-bond donors (Lipinski definition) is 5. The van der Waals surface area contributed by atoms with Crippen molar-refractivity contribution in [3.63, 3.8) is 0 Å². The van der Waals surface area contributed by atoms with Crippen LogP contribution in [-0.2, 0) is 55.5 Å². The number of carboxylic acids is 1. The fourth-order valence-electron chi connectivity index (χ4n) is 5.06. The SMILES string of the molecule is CC(C)(COP(=O)([O-])OP(=O)([O-])OC[C@H]1O[C@@H](n2cnc3c(N)ncnc32)[C@H](O)[C@@H]1OP(=O)([O-])[O-])[C@@H](O)C(=O)NCCC(=O)NCCSC(=O)CCCCCC(=O)[O-]. The van der Waals surface area contributed by atoms with Gasteiger partial charge in [0, 0.05) is 43.1 Å². The van der Waals surface area contributed by atoms with Crippen LogP contribution in [0.1, 0.15) is 58.6 Å². The molecular weight excluding hydrogens is 863 g/mol. The van der Waals surface area contributed by atoms with Gasteiger partial charge in [-0.05, 0) is 19.3 Å². The first-order valence-corrected chi connectivity index (χ1v) is 22.5. The van der Waals surface area contributed by atoms with E-state index in [2.05, 4.69) is 43.5 Å². The summed E-state index contributed by atoms with van der Waals surface area (Å²) in [6.07, 6.45) is -6.04. The highest BCUT2D eigenvalue weighted by Crippen LogP contribution is 2.56. The Morgan fingerprint density at radius 1 is 1.00 bits per heavy atom. The Morgan fingerprint density at radius 3 is 2.34 bits per heavy atom. The first kappa shape index (κ1) is 49.4. The molecule has 0 bridgehead atoms. The zero-order chi connectivity index (χ0) is 43.5. The Morgan fingerprint density at radius 2 is 1.67 bits per heavy atom. The molecule has 0 aliphatic carbocycles. The minimum absolute atomic E-state index is 0.0303. The molecule has 58 heavy (non-hydrogen) atoms. The summed E-state index contributed by atoms with van der Waals surface area (Å²) >= 11 is 0.994. The maximum Gasteiger partial charge on any atom is 0.274 e. The second-order valence-corrected chi connectivity index (χ2v) is 18.4. The summed E-state index contributed by atoms with van der Waals surface area (Å²) in [6, 6.07) is 0. The lowest BCUT2D eigenvalue weighted by Crippen LogP contribution is -2.46. The molecule has 1 saturated heterocycles. The van der Waals surface area contributed by atoms with Crippen molar-refractivity contribution in [2.24, 2.45) is 5.41 Å². The Bertz CT molecular complexity index is 1900. The number of nitrogens with one attached hydrogen (secondary N) is 2. The number of phosphoric ester groups is 3. The summed E-state index contributed by atoms with van der Waals surface area (Å²) in [7, 11) is -17.6. The second kappa shape index (κ2) is 21.5. The lowest BCUT2D eigenvalue weighted by molar-refractivity contribution is -0.347. The van der Waals surface area contributed by atoms with Crippen molar-refractivity contribution < 1.29 is 90.4 Å². The molecule has 2 aromatic rings. The van der Waals surface area contributed by atoms with Crippen LogP contribution in [0.25, 0.3) is 11.2 Å². The van der Waals surface area contributed by atoms with Gasteiger partial charge in [-0.15, -0.1) is 0 Å². The Kier molecular flexibility index (Phi) is 18.3. The van der Waals surface area contributed by atoms with Crippen LogP contribution < -0.4 is 41.0 Å². The molecule has 2 amide bonds. The first-order valence-electron chi connectivity index (χ1n) is 17.1. The smallest absolute Gasteiger partial charge is 0.274 e. The van der Waals surface area contributed by atoms with Crippen molar-refractivity contribution in [2.75, 3.05) is 37.8 Å². The van der Waals surface area contributed by atoms with E-state index in [0.29, 0.717) is 19.3 Å². The standard InChI is InChI=1S/C28H46N7O19P3S/c1-28(2,23(41)26(42)31-9-8-17(36)30-10-11-58-19(39)7-5-3-4-6-18(37)38)13-51-57(48,49)54-56(46,47)50-12-16-22(53-55(43,44)45)21(40)27(52-16)35-15-34-20-24(29)32-14-33-25(20)35/h14-16,21-23,27,40-41H,3-13H2,1-2H3,(H,30,36)(H,31,42)(H,37,38)(H,46,47)(H,48,49)(H2,29,32,33)(H2,43,44,45)/p-5/t16-,21-,22-,23+,27-/m1/s1. The number of nitrogen functional groups attached to an aromatic ring is 1. The number of aliphatic hydroxyl groups is 2. The van der Waals surface area contributed by atoms with Crippen LogP contribution in [0, 0.1) is 5.41 Å². The molecule has 26 nitrogen and oxygen atoms in total. The third-order valence-electron chi connectivity index (χ3n) is 8.00. The Balaban J connectivity index is 1.44. The molecule has 3 heterocycles. The van der Waals surface area contributed by atoms with E-state index < -0.39 is 90.5 Å². The average Bonchev–Trinajstić information content (AvgIpc) is 3.67. The van der Waals surface area contributed by atoms with Gasteiger partial charge >= 0.3 is 0 Å². The number of nitrogens with zero attached hydrogens (tertiary/aromatic N) is 4. The van der Waals surface area contributed by atoms with Gasteiger partial charge in [0.15, 0.2) is 22.8 Å². The third-order valence-corrected chi connectivity index (χ3v) is 11.9. The number of aliphatic hydroxyl groups excluding tert-OH is 2. The van der Waals surface area contributed by atoms with Crippen LogP contribution in [0.3, 0.4) is 0 Å². The average molecular weight is 905 g/mol. The van der Waals surface area contributed by atoms with Gasteiger partial charge in [-0.2, -0.15) is 0 Å². The van der Waals surface area contributed by atoms with Crippen molar-refractivity contribution in [2.45, 2.75) is 83.0 Å². The highest BCUT2D eigenvalue weighted by atomic mass is 32.2. The summed E-state index contributed by atoms with van der Waals surface area (Å²) in [4.78, 5) is 106. The molecule has 1 fully saturated rings. The predicted molar refractivity (Wildman–Crippen MR) is 186 cm³/mol. The lowest BCUT2D eigenvalue weighted by Gasteiger charge is -2.36. The number of anilines is 1. The van der Waals surface area contributed by atoms with Gasteiger partial charge in [-0.25, -0.2) is 19.3 Å². The largest absolute Gasteiger partial charge is 0.790 e.